The average molecular weight is 504 g/mol. The maximum absolute atomic E-state index is 12.4. The van der Waals surface area contributed by atoms with Crippen LogP contribution in [0.2, 0.25) is 0 Å². The van der Waals surface area contributed by atoms with Gasteiger partial charge in [0.2, 0.25) is 0 Å². The van der Waals surface area contributed by atoms with Crippen molar-refractivity contribution in [1.82, 2.24) is 34.4 Å². The van der Waals surface area contributed by atoms with Crippen molar-refractivity contribution in [1.29, 1.82) is 0 Å². The maximum atomic E-state index is 12.4. The molecule has 0 aliphatic carbocycles. The third kappa shape index (κ3) is 6.37. The standard InChI is InChI=1S/C26H29N7O4/c1-26(2,3)32(25(35)36)10-11-37-21-14-27-24(28-15-21)19-7-5-6-18(12-19)16-33-23(34)9-8-22(30-33)20-13-29-31(4)17-20/h5-9,12-15,17H,10-11,16H2,1-4H3,(H,35,36). The first kappa shape index (κ1) is 25.5. The van der Waals surface area contributed by atoms with Crippen molar-refractivity contribution < 1.29 is 14.6 Å². The van der Waals surface area contributed by atoms with Crippen LogP contribution in [-0.4, -0.2) is 64.3 Å². The summed E-state index contributed by atoms with van der Waals surface area (Å²) in [5.41, 5.74) is 2.41. The molecule has 0 aliphatic rings. The van der Waals surface area contributed by atoms with Crippen LogP contribution in [0.25, 0.3) is 22.6 Å². The number of hydrogen-bond donors (Lipinski definition) is 1. The maximum Gasteiger partial charge on any atom is 0.407 e. The van der Waals surface area contributed by atoms with Crippen LogP contribution in [0.4, 0.5) is 4.79 Å². The number of nitrogens with zero attached hydrogens (tertiary/aromatic N) is 7. The molecule has 4 aromatic rings. The van der Waals surface area contributed by atoms with Crippen molar-refractivity contribution >= 4 is 6.09 Å². The first-order chi connectivity index (χ1) is 17.6. The smallest absolute Gasteiger partial charge is 0.407 e. The molecule has 37 heavy (non-hydrogen) atoms. The van der Waals surface area contributed by atoms with Crippen LogP contribution in [0.5, 0.6) is 5.75 Å². The van der Waals surface area contributed by atoms with E-state index < -0.39 is 11.6 Å². The molecule has 4 rings (SSSR count). The molecular formula is C26H29N7O4. The topological polar surface area (TPSA) is 128 Å². The molecule has 0 fully saturated rings. The lowest BCUT2D eigenvalue weighted by Crippen LogP contribution is -2.46. The quantitative estimate of drug-likeness (QED) is 0.388. The number of aryl methyl sites for hydroxylation is 1. The fourth-order valence-corrected chi connectivity index (χ4v) is 3.76. The second-order valence-corrected chi connectivity index (χ2v) is 9.51. The van der Waals surface area contributed by atoms with E-state index in [4.69, 9.17) is 4.74 Å². The van der Waals surface area contributed by atoms with Gasteiger partial charge in [-0.15, -0.1) is 0 Å². The number of rotatable bonds is 8. The molecule has 0 unspecified atom stereocenters. The van der Waals surface area contributed by atoms with E-state index in [1.165, 1.54) is 15.6 Å². The van der Waals surface area contributed by atoms with E-state index >= 15 is 0 Å². The highest BCUT2D eigenvalue weighted by Crippen LogP contribution is 2.20. The van der Waals surface area contributed by atoms with Crippen LogP contribution >= 0.6 is 0 Å². The van der Waals surface area contributed by atoms with Gasteiger partial charge in [0.15, 0.2) is 11.6 Å². The second-order valence-electron chi connectivity index (χ2n) is 9.51. The van der Waals surface area contributed by atoms with Gasteiger partial charge in [-0.25, -0.2) is 19.4 Å². The van der Waals surface area contributed by atoms with E-state index in [0.29, 0.717) is 17.3 Å². The van der Waals surface area contributed by atoms with Crippen molar-refractivity contribution in [2.24, 2.45) is 7.05 Å². The fourth-order valence-electron chi connectivity index (χ4n) is 3.76. The molecule has 11 heteroatoms. The predicted molar refractivity (Wildman–Crippen MR) is 137 cm³/mol. The van der Waals surface area contributed by atoms with Crippen LogP contribution in [0.1, 0.15) is 26.3 Å². The normalized spacial score (nSPS) is 11.4. The molecule has 0 bridgehead atoms. The Kier molecular flexibility index (Phi) is 7.32. The second kappa shape index (κ2) is 10.6. The minimum atomic E-state index is -0.996. The molecular weight excluding hydrogens is 474 g/mol. The summed E-state index contributed by atoms with van der Waals surface area (Å²) in [6.45, 7) is 6.18. The molecule has 0 spiro atoms. The van der Waals surface area contributed by atoms with E-state index in [9.17, 15) is 14.7 Å². The van der Waals surface area contributed by atoms with Crippen LogP contribution < -0.4 is 10.3 Å². The number of carboxylic acid groups (broad SMARTS) is 1. The van der Waals surface area contributed by atoms with Gasteiger partial charge in [0.25, 0.3) is 5.56 Å². The molecule has 1 aromatic carbocycles. The van der Waals surface area contributed by atoms with Crippen molar-refractivity contribution in [2.45, 2.75) is 32.9 Å². The summed E-state index contributed by atoms with van der Waals surface area (Å²) in [5, 5.41) is 18.0. The van der Waals surface area contributed by atoms with Gasteiger partial charge in [-0.3, -0.25) is 9.48 Å². The molecule has 3 heterocycles. The first-order valence-electron chi connectivity index (χ1n) is 11.7. The Hall–Kier alpha value is -4.54. The van der Waals surface area contributed by atoms with E-state index in [1.54, 1.807) is 29.3 Å². The highest BCUT2D eigenvalue weighted by atomic mass is 16.5. The number of aromatic nitrogens is 6. The van der Waals surface area contributed by atoms with Crippen molar-refractivity contribution in [2.75, 3.05) is 13.2 Å². The molecule has 1 amide bonds. The molecule has 192 valence electrons. The molecule has 0 saturated heterocycles. The van der Waals surface area contributed by atoms with Crippen LogP contribution in [0.3, 0.4) is 0 Å². The molecule has 0 aliphatic heterocycles. The number of benzene rings is 1. The molecule has 0 atom stereocenters. The number of hydrogen-bond acceptors (Lipinski definition) is 7. The van der Waals surface area contributed by atoms with Gasteiger partial charge in [-0.05, 0) is 38.5 Å². The minimum Gasteiger partial charge on any atom is -0.488 e. The lowest BCUT2D eigenvalue weighted by molar-refractivity contribution is 0.0891. The summed E-state index contributed by atoms with van der Waals surface area (Å²) in [5.74, 6) is 0.947. The average Bonchev–Trinajstić information content (AvgIpc) is 3.29. The Morgan fingerprint density at radius 2 is 1.84 bits per heavy atom. The zero-order chi connectivity index (χ0) is 26.6. The highest BCUT2D eigenvalue weighted by molar-refractivity contribution is 5.66. The molecule has 0 saturated carbocycles. The summed E-state index contributed by atoms with van der Waals surface area (Å²) in [6.07, 6.45) is 5.66. The van der Waals surface area contributed by atoms with Crippen molar-refractivity contribution in [3.63, 3.8) is 0 Å². The highest BCUT2D eigenvalue weighted by Gasteiger charge is 2.25. The van der Waals surface area contributed by atoms with Crippen LogP contribution in [-0.2, 0) is 13.6 Å². The Labute approximate surface area is 214 Å². The summed E-state index contributed by atoms with van der Waals surface area (Å²) in [6, 6.07) is 10.8. The number of carbonyl (C=O) groups is 1. The Bertz CT molecular complexity index is 1440. The first-order valence-corrected chi connectivity index (χ1v) is 11.7. The molecule has 11 nitrogen and oxygen atoms in total. The third-order valence-corrected chi connectivity index (χ3v) is 5.64. The lowest BCUT2D eigenvalue weighted by atomic mass is 10.1. The Morgan fingerprint density at radius 1 is 1.08 bits per heavy atom. The summed E-state index contributed by atoms with van der Waals surface area (Å²) >= 11 is 0. The number of ether oxygens (including phenoxy) is 1. The summed E-state index contributed by atoms with van der Waals surface area (Å²) < 4.78 is 8.75. The van der Waals surface area contributed by atoms with E-state index in [2.05, 4.69) is 20.2 Å². The lowest BCUT2D eigenvalue weighted by Gasteiger charge is -2.32. The SMILES string of the molecule is Cn1cc(-c2ccc(=O)n(Cc3cccc(-c4ncc(OCCN(C(=O)O)C(C)(C)C)cn4)c3)n2)cn1. The van der Waals surface area contributed by atoms with E-state index in [1.807, 2.05) is 58.3 Å². The third-order valence-electron chi connectivity index (χ3n) is 5.64. The predicted octanol–water partition coefficient (Wildman–Crippen LogP) is 3.31. The summed E-state index contributed by atoms with van der Waals surface area (Å²) in [7, 11) is 1.83. The Morgan fingerprint density at radius 3 is 2.49 bits per heavy atom. The minimum absolute atomic E-state index is 0.182. The van der Waals surface area contributed by atoms with Gasteiger partial charge < -0.3 is 14.7 Å². The zero-order valence-corrected chi connectivity index (χ0v) is 21.2. The van der Waals surface area contributed by atoms with Crippen molar-refractivity contribution in [3.05, 3.63) is 77.1 Å². The molecule has 0 radical (unpaired) electrons. The van der Waals surface area contributed by atoms with Gasteiger partial charge >= 0.3 is 6.09 Å². The van der Waals surface area contributed by atoms with E-state index in [0.717, 1.165) is 16.7 Å². The largest absolute Gasteiger partial charge is 0.488 e. The zero-order valence-electron chi connectivity index (χ0n) is 21.2. The van der Waals surface area contributed by atoms with Gasteiger partial charge in [-0.1, -0.05) is 18.2 Å². The Balaban J connectivity index is 1.44. The van der Waals surface area contributed by atoms with Gasteiger partial charge in [0, 0.05) is 36.0 Å². The van der Waals surface area contributed by atoms with Crippen molar-refractivity contribution in [3.8, 4) is 28.4 Å². The van der Waals surface area contributed by atoms with Gasteiger partial charge in [0.1, 0.15) is 6.61 Å². The fraction of sp³-hybridized carbons (Fsp3) is 0.308. The molecule has 1 N–H and O–H groups in total. The van der Waals surface area contributed by atoms with E-state index in [-0.39, 0.29) is 25.3 Å². The van der Waals surface area contributed by atoms with Crippen LogP contribution in [0, 0.1) is 0 Å². The summed E-state index contributed by atoms with van der Waals surface area (Å²) in [4.78, 5) is 34.0. The molecule has 3 aromatic heterocycles. The van der Waals surface area contributed by atoms with Gasteiger partial charge in [-0.2, -0.15) is 10.2 Å². The van der Waals surface area contributed by atoms with Gasteiger partial charge in [0.05, 0.1) is 37.4 Å². The monoisotopic (exact) mass is 503 g/mol. The number of amides is 1. The van der Waals surface area contributed by atoms with Crippen LogP contribution in [0.15, 0.2) is 66.0 Å².